The number of thiocarbonyl (C=S) groups is 1. The quantitative estimate of drug-likeness (QED) is 0.523. The zero-order chi connectivity index (χ0) is 13.0. The fourth-order valence-corrected chi connectivity index (χ4v) is 2.36. The van der Waals surface area contributed by atoms with Crippen LogP contribution in [0.4, 0.5) is 0 Å². The van der Waals surface area contributed by atoms with Gasteiger partial charge in [-0.2, -0.15) is 0 Å². The van der Waals surface area contributed by atoms with Gasteiger partial charge in [0, 0.05) is 0 Å². The third-order valence-corrected chi connectivity index (χ3v) is 3.34. The minimum atomic E-state index is -0.137. The second-order valence-electron chi connectivity index (χ2n) is 3.64. The van der Waals surface area contributed by atoms with Crippen LogP contribution in [0.3, 0.4) is 0 Å². The molecule has 0 aromatic carbocycles. The van der Waals surface area contributed by atoms with Crippen molar-refractivity contribution in [2.75, 3.05) is 0 Å². The fraction of sp³-hybridized carbons (Fsp3) is 0.0769. The molecule has 5 heteroatoms. The Morgan fingerprint density at radius 2 is 2.39 bits per heavy atom. The van der Waals surface area contributed by atoms with E-state index in [2.05, 4.69) is 5.32 Å². The Hall–Kier alpha value is -1.59. The van der Waals surface area contributed by atoms with E-state index < -0.39 is 0 Å². The number of thioether (sulfide) groups is 1. The molecule has 0 atom stereocenters. The average molecular weight is 277 g/mol. The zero-order valence-electron chi connectivity index (χ0n) is 9.67. The van der Waals surface area contributed by atoms with Gasteiger partial charge in [-0.1, -0.05) is 36.1 Å². The van der Waals surface area contributed by atoms with E-state index in [0.717, 1.165) is 11.3 Å². The molecule has 2 heterocycles. The lowest BCUT2D eigenvalue weighted by atomic mass is 10.2. The predicted molar refractivity (Wildman–Crippen MR) is 77.9 cm³/mol. The second kappa shape index (κ2) is 5.84. The molecular weight excluding hydrogens is 266 g/mol. The van der Waals surface area contributed by atoms with Crippen LogP contribution in [0.25, 0.3) is 6.08 Å². The number of allylic oxidation sites excluding steroid dienone is 4. The molecule has 1 saturated heterocycles. The summed E-state index contributed by atoms with van der Waals surface area (Å²) in [6.07, 6.45) is 9.03. The molecule has 1 aromatic rings. The van der Waals surface area contributed by atoms with Crippen LogP contribution in [0.5, 0.6) is 0 Å². The van der Waals surface area contributed by atoms with Crippen LogP contribution in [-0.4, -0.2) is 10.2 Å². The molecular formula is C13H11NO2S2. The van der Waals surface area contributed by atoms with E-state index >= 15 is 0 Å². The highest BCUT2D eigenvalue weighted by Crippen LogP contribution is 2.23. The van der Waals surface area contributed by atoms with Gasteiger partial charge in [0.05, 0.1) is 11.2 Å². The molecule has 1 amide bonds. The lowest BCUT2D eigenvalue weighted by Gasteiger charge is -1.90. The first-order valence-electron chi connectivity index (χ1n) is 5.28. The van der Waals surface area contributed by atoms with Gasteiger partial charge >= 0.3 is 0 Å². The van der Waals surface area contributed by atoms with Crippen molar-refractivity contribution in [1.29, 1.82) is 0 Å². The highest BCUT2D eigenvalue weighted by atomic mass is 32.2. The van der Waals surface area contributed by atoms with Crippen LogP contribution in [0.2, 0.25) is 0 Å². The molecule has 0 radical (unpaired) electrons. The zero-order valence-corrected chi connectivity index (χ0v) is 11.3. The van der Waals surface area contributed by atoms with Crippen molar-refractivity contribution in [2.24, 2.45) is 0 Å². The molecule has 1 fully saturated rings. The first kappa shape index (κ1) is 12.9. The van der Waals surface area contributed by atoms with Crippen molar-refractivity contribution in [3.63, 3.8) is 0 Å². The number of furan rings is 1. The minimum absolute atomic E-state index is 0.137. The van der Waals surface area contributed by atoms with Crippen LogP contribution >= 0.6 is 24.0 Å². The van der Waals surface area contributed by atoms with Gasteiger partial charge < -0.3 is 9.73 Å². The van der Waals surface area contributed by atoms with Gasteiger partial charge in [0.25, 0.3) is 5.91 Å². The van der Waals surface area contributed by atoms with E-state index in [9.17, 15) is 4.79 Å². The number of carbonyl (C=O) groups excluding carboxylic acids is 1. The van der Waals surface area contributed by atoms with Crippen LogP contribution in [0.1, 0.15) is 12.7 Å². The smallest absolute Gasteiger partial charge is 0.263 e. The van der Waals surface area contributed by atoms with Crippen molar-refractivity contribution in [3.05, 3.63) is 52.9 Å². The molecule has 0 aliphatic carbocycles. The van der Waals surface area contributed by atoms with Gasteiger partial charge in [-0.15, -0.1) is 0 Å². The molecule has 1 aromatic heterocycles. The Balaban J connectivity index is 2.02. The second-order valence-corrected chi connectivity index (χ2v) is 5.36. The van der Waals surface area contributed by atoms with E-state index in [4.69, 9.17) is 16.6 Å². The molecule has 3 nitrogen and oxygen atoms in total. The maximum atomic E-state index is 11.4. The van der Waals surface area contributed by atoms with Crippen LogP contribution in [-0.2, 0) is 4.79 Å². The number of hydrogen-bond donors (Lipinski definition) is 1. The largest absolute Gasteiger partial charge is 0.465 e. The lowest BCUT2D eigenvalue weighted by Crippen LogP contribution is -2.17. The molecule has 0 saturated carbocycles. The summed E-state index contributed by atoms with van der Waals surface area (Å²) in [6, 6.07) is 3.72. The highest BCUT2D eigenvalue weighted by Gasteiger charge is 2.20. The van der Waals surface area contributed by atoms with Gasteiger partial charge in [0.15, 0.2) is 0 Å². The van der Waals surface area contributed by atoms with Crippen molar-refractivity contribution in [1.82, 2.24) is 5.32 Å². The van der Waals surface area contributed by atoms with Gasteiger partial charge in [0.1, 0.15) is 10.1 Å². The number of hydrogen-bond acceptors (Lipinski definition) is 4. The maximum absolute atomic E-state index is 11.4. The van der Waals surface area contributed by atoms with E-state index in [1.807, 2.05) is 37.3 Å². The molecule has 1 N–H and O–H groups in total. The molecule has 1 aliphatic rings. The Morgan fingerprint density at radius 1 is 1.56 bits per heavy atom. The molecule has 2 rings (SSSR count). The summed E-state index contributed by atoms with van der Waals surface area (Å²) in [5.74, 6) is 0.668. The third kappa shape index (κ3) is 3.45. The summed E-state index contributed by atoms with van der Waals surface area (Å²) in [4.78, 5) is 12.0. The summed E-state index contributed by atoms with van der Waals surface area (Å²) < 4.78 is 5.71. The van der Waals surface area contributed by atoms with Crippen molar-refractivity contribution in [3.8, 4) is 0 Å². The van der Waals surface area contributed by atoms with Crippen LogP contribution < -0.4 is 5.32 Å². The van der Waals surface area contributed by atoms with Crippen LogP contribution in [0.15, 0.2) is 51.5 Å². The number of rotatable bonds is 3. The summed E-state index contributed by atoms with van der Waals surface area (Å²) in [5.41, 5.74) is 1.03. The maximum Gasteiger partial charge on any atom is 0.263 e. The monoisotopic (exact) mass is 277 g/mol. The van der Waals surface area contributed by atoms with Gasteiger partial charge in [0.2, 0.25) is 0 Å². The summed E-state index contributed by atoms with van der Waals surface area (Å²) in [5, 5.41) is 2.57. The van der Waals surface area contributed by atoms with Crippen molar-refractivity contribution >= 4 is 40.3 Å². The Kier molecular flexibility index (Phi) is 4.17. The number of carbonyl (C=O) groups is 1. The fourth-order valence-electron chi connectivity index (χ4n) is 1.37. The first-order valence-corrected chi connectivity index (χ1v) is 6.51. The molecule has 0 unspecified atom stereocenters. The number of nitrogens with one attached hydrogen (secondary N) is 1. The van der Waals surface area contributed by atoms with E-state index in [1.54, 1.807) is 12.3 Å². The summed E-state index contributed by atoms with van der Waals surface area (Å²) in [7, 11) is 0. The summed E-state index contributed by atoms with van der Waals surface area (Å²) in [6.45, 7) is 1.96. The standard InChI is InChI=1S/C13H11NO2S2/c1-9(8-10-5-3-7-16-10)4-2-6-11-12(15)14-13(17)18-11/h2-8H,1H3,(H,14,15,17). The topological polar surface area (TPSA) is 42.2 Å². The SMILES string of the molecule is CC(C=CC=C1SC(=S)NC1=O)=Cc1ccco1. The van der Waals surface area contributed by atoms with Crippen LogP contribution in [0, 0.1) is 0 Å². The van der Waals surface area contributed by atoms with E-state index in [0.29, 0.717) is 9.23 Å². The average Bonchev–Trinajstić information content (AvgIpc) is 2.89. The lowest BCUT2D eigenvalue weighted by molar-refractivity contribution is -0.115. The highest BCUT2D eigenvalue weighted by molar-refractivity contribution is 8.26. The Bertz CT molecular complexity index is 554. The third-order valence-electron chi connectivity index (χ3n) is 2.16. The number of amides is 1. The van der Waals surface area contributed by atoms with Gasteiger partial charge in [-0.05, 0) is 36.8 Å². The van der Waals surface area contributed by atoms with Crippen molar-refractivity contribution < 1.29 is 9.21 Å². The van der Waals surface area contributed by atoms with Crippen molar-refractivity contribution in [2.45, 2.75) is 6.92 Å². The molecule has 0 spiro atoms. The molecule has 1 aliphatic heterocycles. The molecule has 18 heavy (non-hydrogen) atoms. The van der Waals surface area contributed by atoms with E-state index in [1.165, 1.54) is 11.8 Å². The first-order chi connectivity index (χ1) is 8.65. The molecule has 92 valence electrons. The normalized spacial score (nSPS) is 18.9. The van der Waals surface area contributed by atoms with E-state index in [-0.39, 0.29) is 5.91 Å². The Labute approximate surface area is 115 Å². The minimum Gasteiger partial charge on any atom is -0.465 e. The predicted octanol–water partition coefficient (Wildman–Crippen LogP) is 3.27. The summed E-state index contributed by atoms with van der Waals surface area (Å²) >= 11 is 6.17. The van der Waals surface area contributed by atoms with Gasteiger partial charge in [-0.25, -0.2) is 0 Å². The Morgan fingerprint density at radius 3 is 3.00 bits per heavy atom. The molecule has 0 bridgehead atoms. The van der Waals surface area contributed by atoms with Gasteiger partial charge in [-0.3, -0.25) is 4.79 Å².